The van der Waals surface area contributed by atoms with Gasteiger partial charge in [-0.2, -0.15) is 11.8 Å². The van der Waals surface area contributed by atoms with Crippen molar-refractivity contribution in [3.8, 4) is 0 Å². The minimum absolute atomic E-state index is 0.110. The highest BCUT2D eigenvalue weighted by Crippen LogP contribution is 2.37. The first-order valence-corrected chi connectivity index (χ1v) is 16.0. The number of anilines is 1. The van der Waals surface area contributed by atoms with Crippen LogP contribution in [0.3, 0.4) is 0 Å². The first-order chi connectivity index (χ1) is 20.0. The second-order valence-electron chi connectivity index (χ2n) is 12.1. The van der Waals surface area contributed by atoms with Crippen molar-refractivity contribution in [1.82, 2.24) is 10.2 Å². The number of aryl methyl sites for hydroxylation is 2. The van der Waals surface area contributed by atoms with Crippen molar-refractivity contribution in [2.45, 2.75) is 84.0 Å². The molecule has 1 aliphatic rings. The van der Waals surface area contributed by atoms with Gasteiger partial charge in [0.05, 0.1) is 0 Å². The van der Waals surface area contributed by atoms with Crippen LogP contribution in [0.15, 0.2) is 60.7 Å². The van der Waals surface area contributed by atoms with Gasteiger partial charge >= 0.3 is 6.09 Å². The van der Waals surface area contributed by atoms with E-state index in [4.69, 9.17) is 4.74 Å². The minimum atomic E-state index is -0.868. The van der Waals surface area contributed by atoms with E-state index in [0.717, 1.165) is 46.7 Å². The lowest BCUT2D eigenvalue weighted by atomic mass is 9.86. The Hall–Kier alpha value is -3.52. The number of nitrogens with zero attached hydrogens (tertiary/aromatic N) is 1. The number of ether oxygens (including phenoxy) is 1. The van der Waals surface area contributed by atoms with E-state index in [9.17, 15) is 14.4 Å². The molecule has 1 aliphatic carbocycles. The fraction of sp³-hybridized carbons (Fsp3) is 0.441. The first-order valence-electron chi connectivity index (χ1n) is 14.6. The molecule has 0 spiro atoms. The number of rotatable bonds is 10. The molecule has 3 aromatic rings. The Morgan fingerprint density at radius 1 is 0.976 bits per heavy atom. The van der Waals surface area contributed by atoms with Crippen molar-refractivity contribution in [2.75, 3.05) is 17.3 Å². The van der Waals surface area contributed by atoms with Crippen LogP contribution in [0.2, 0.25) is 0 Å². The number of fused-ring (bicyclic) bond motifs is 1. The molecule has 0 aliphatic heterocycles. The van der Waals surface area contributed by atoms with Gasteiger partial charge in [-0.1, -0.05) is 48.5 Å². The smallest absolute Gasteiger partial charge is 0.408 e. The molecule has 42 heavy (non-hydrogen) atoms. The van der Waals surface area contributed by atoms with Gasteiger partial charge < -0.3 is 20.3 Å². The normalized spacial score (nSPS) is 14.9. The summed E-state index contributed by atoms with van der Waals surface area (Å²) >= 11 is 1.60. The lowest BCUT2D eigenvalue weighted by Gasteiger charge is -2.44. The molecule has 4 rings (SSSR count). The molecule has 0 saturated heterocycles. The van der Waals surface area contributed by atoms with Crippen LogP contribution in [0, 0.1) is 13.8 Å². The summed E-state index contributed by atoms with van der Waals surface area (Å²) in [6.07, 6.45) is 4.34. The summed E-state index contributed by atoms with van der Waals surface area (Å²) in [6, 6.07) is 17.9. The summed E-state index contributed by atoms with van der Waals surface area (Å²) in [4.78, 5) is 43.5. The molecule has 8 heteroatoms. The Labute approximate surface area is 253 Å². The number of hydrogen-bond donors (Lipinski definition) is 2. The van der Waals surface area contributed by atoms with Gasteiger partial charge in [0.15, 0.2) is 0 Å². The summed E-state index contributed by atoms with van der Waals surface area (Å²) in [6.45, 7) is 9.33. The summed E-state index contributed by atoms with van der Waals surface area (Å²) in [5.41, 5.74) is 2.66. The maximum atomic E-state index is 14.5. The third kappa shape index (κ3) is 7.65. The standard InChI is InChI=1S/C34H43N3O4S/c1-22-11-9-12-23(2)29(22)30(31(38)35-26-18-17-24-13-7-8-14-25(24)21-26)37(27-15-10-16-27)32(39)28(19-20-42-6)36-33(40)41-34(3,4)5/h7-9,11-14,17-18,21,27-28,30H,10,15-16,19-20H2,1-6H3,(H,35,38)(H,36,40). The van der Waals surface area contributed by atoms with Crippen molar-refractivity contribution in [3.63, 3.8) is 0 Å². The van der Waals surface area contributed by atoms with Crippen LogP contribution in [0.4, 0.5) is 10.5 Å². The second-order valence-corrected chi connectivity index (χ2v) is 13.1. The highest BCUT2D eigenvalue weighted by Gasteiger charge is 2.42. The van der Waals surface area contributed by atoms with Gasteiger partial charge in [-0.15, -0.1) is 0 Å². The Morgan fingerprint density at radius 3 is 2.24 bits per heavy atom. The number of thioether (sulfide) groups is 1. The SMILES string of the molecule is CSCCC(NC(=O)OC(C)(C)C)C(=O)N(C1CCC1)C(C(=O)Nc1ccc2ccccc2c1)c1c(C)cccc1C. The van der Waals surface area contributed by atoms with E-state index in [1.165, 1.54) is 0 Å². The number of benzene rings is 3. The predicted octanol–water partition coefficient (Wildman–Crippen LogP) is 7.16. The average Bonchev–Trinajstić information content (AvgIpc) is 2.89. The molecule has 3 aromatic carbocycles. The van der Waals surface area contributed by atoms with Crippen LogP contribution in [0.25, 0.3) is 10.8 Å². The molecule has 7 nitrogen and oxygen atoms in total. The van der Waals surface area contributed by atoms with Crippen molar-refractivity contribution in [2.24, 2.45) is 0 Å². The summed E-state index contributed by atoms with van der Waals surface area (Å²) < 4.78 is 5.52. The quantitative estimate of drug-likeness (QED) is 0.262. The van der Waals surface area contributed by atoms with Gasteiger partial charge in [-0.05, 0) is 112 Å². The molecule has 2 atom stereocenters. The number of amides is 3. The number of carbonyl (C=O) groups is 3. The van der Waals surface area contributed by atoms with Crippen molar-refractivity contribution in [1.29, 1.82) is 0 Å². The van der Waals surface area contributed by atoms with Gasteiger partial charge in [0.1, 0.15) is 17.7 Å². The molecule has 0 heterocycles. The zero-order chi connectivity index (χ0) is 30.4. The zero-order valence-electron chi connectivity index (χ0n) is 25.5. The van der Waals surface area contributed by atoms with E-state index in [0.29, 0.717) is 17.9 Å². The van der Waals surface area contributed by atoms with E-state index in [-0.39, 0.29) is 17.9 Å². The molecule has 0 aromatic heterocycles. The monoisotopic (exact) mass is 589 g/mol. The van der Waals surface area contributed by atoms with Crippen molar-refractivity contribution in [3.05, 3.63) is 77.4 Å². The predicted molar refractivity (Wildman–Crippen MR) is 172 cm³/mol. The van der Waals surface area contributed by atoms with E-state index >= 15 is 0 Å². The van der Waals surface area contributed by atoms with Gasteiger partial charge in [0.2, 0.25) is 5.91 Å². The first kappa shape index (κ1) is 31.4. The van der Waals surface area contributed by atoms with Gasteiger partial charge in [0, 0.05) is 11.7 Å². The van der Waals surface area contributed by atoms with Crippen LogP contribution in [-0.2, 0) is 14.3 Å². The molecule has 2 unspecified atom stereocenters. The molecular formula is C34H43N3O4S. The third-order valence-electron chi connectivity index (χ3n) is 7.68. The van der Waals surface area contributed by atoms with Gasteiger partial charge in [0.25, 0.3) is 5.91 Å². The number of hydrogen-bond acceptors (Lipinski definition) is 5. The number of nitrogens with one attached hydrogen (secondary N) is 2. The topological polar surface area (TPSA) is 87.7 Å². The van der Waals surface area contributed by atoms with Gasteiger partial charge in [-0.3, -0.25) is 9.59 Å². The molecule has 1 saturated carbocycles. The van der Waals surface area contributed by atoms with E-state index in [2.05, 4.69) is 10.6 Å². The van der Waals surface area contributed by atoms with Crippen LogP contribution in [0.1, 0.15) is 69.2 Å². The minimum Gasteiger partial charge on any atom is -0.444 e. The Kier molecular flexibility index (Phi) is 10.2. The van der Waals surface area contributed by atoms with E-state index in [1.807, 2.05) is 80.8 Å². The summed E-state index contributed by atoms with van der Waals surface area (Å²) in [5, 5.41) is 8.07. The summed E-state index contributed by atoms with van der Waals surface area (Å²) in [7, 11) is 0. The molecule has 1 fully saturated rings. The van der Waals surface area contributed by atoms with E-state index in [1.54, 1.807) is 37.4 Å². The maximum Gasteiger partial charge on any atom is 0.408 e. The molecule has 3 amide bonds. The van der Waals surface area contributed by atoms with Crippen LogP contribution in [-0.4, -0.2) is 52.5 Å². The second kappa shape index (κ2) is 13.6. The average molecular weight is 590 g/mol. The van der Waals surface area contributed by atoms with Crippen LogP contribution >= 0.6 is 11.8 Å². The number of carbonyl (C=O) groups excluding carboxylic acids is 3. The highest BCUT2D eigenvalue weighted by molar-refractivity contribution is 7.98. The van der Waals surface area contributed by atoms with Crippen molar-refractivity contribution < 1.29 is 19.1 Å². The van der Waals surface area contributed by atoms with Crippen LogP contribution < -0.4 is 10.6 Å². The lowest BCUT2D eigenvalue weighted by molar-refractivity contribution is -0.145. The molecular weight excluding hydrogens is 546 g/mol. The van der Waals surface area contributed by atoms with Crippen LogP contribution in [0.5, 0.6) is 0 Å². The number of alkyl carbamates (subject to hydrolysis) is 1. The fourth-order valence-corrected chi connectivity index (χ4v) is 5.91. The molecule has 0 radical (unpaired) electrons. The molecule has 0 bridgehead atoms. The largest absolute Gasteiger partial charge is 0.444 e. The third-order valence-corrected chi connectivity index (χ3v) is 8.33. The highest BCUT2D eigenvalue weighted by atomic mass is 32.2. The maximum absolute atomic E-state index is 14.5. The molecule has 2 N–H and O–H groups in total. The van der Waals surface area contributed by atoms with E-state index < -0.39 is 23.8 Å². The Balaban J connectivity index is 1.75. The van der Waals surface area contributed by atoms with Gasteiger partial charge in [-0.25, -0.2) is 4.79 Å². The fourth-order valence-electron chi connectivity index (χ4n) is 5.44. The zero-order valence-corrected chi connectivity index (χ0v) is 26.3. The Morgan fingerprint density at radius 2 is 1.64 bits per heavy atom. The van der Waals surface area contributed by atoms with Crippen molar-refractivity contribution >= 4 is 46.1 Å². The molecule has 224 valence electrons. The Bertz CT molecular complexity index is 1410. The summed E-state index contributed by atoms with van der Waals surface area (Å²) in [5.74, 6) is 0.131. The lowest BCUT2D eigenvalue weighted by Crippen LogP contribution is -2.57.